The van der Waals surface area contributed by atoms with Gasteiger partial charge in [0, 0.05) is 6.54 Å². The Morgan fingerprint density at radius 2 is 2.00 bits per heavy atom. The summed E-state index contributed by atoms with van der Waals surface area (Å²) in [5.41, 5.74) is 0.867. The van der Waals surface area contributed by atoms with E-state index >= 15 is 0 Å². The minimum atomic E-state index is -0.445. The first kappa shape index (κ1) is 20.4. The van der Waals surface area contributed by atoms with Gasteiger partial charge in [-0.25, -0.2) is 4.39 Å². The summed E-state index contributed by atoms with van der Waals surface area (Å²) in [6.07, 6.45) is 0. The molecule has 0 aliphatic heterocycles. The Bertz CT molecular complexity index is 1050. The van der Waals surface area contributed by atoms with Crippen molar-refractivity contribution in [2.45, 2.75) is 25.2 Å². The third-order valence-electron chi connectivity index (χ3n) is 3.96. The number of nitrogens with zero attached hydrogens (tertiary/aromatic N) is 4. The molecule has 2 aromatic carbocycles. The van der Waals surface area contributed by atoms with E-state index in [0.717, 1.165) is 0 Å². The number of nitrogens with one attached hydrogen (secondary N) is 1. The lowest BCUT2D eigenvalue weighted by molar-refractivity contribution is -0.113. The van der Waals surface area contributed by atoms with Gasteiger partial charge >= 0.3 is 0 Å². The molecule has 29 heavy (non-hydrogen) atoms. The summed E-state index contributed by atoms with van der Waals surface area (Å²) in [6.45, 7) is 2.55. The van der Waals surface area contributed by atoms with Crippen molar-refractivity contribution in [3.63, 3.8) is 0 Å². The fourth-order valence-corrected chi connectivity index (χ4v) is 3.38. The average Bonchev–Trinajstić information content (AvgIpc) is 3.14. The zero-order chi connectivity index (χ0) is 20.6. The second-order valence-corrected chi connectivity index (χ2v) is 6.80. The van der Waals surface area contributed by atoms with Crippen molar-refractivity contribution in [2.75, 3.05) is 11.1 Å². The fraction of sp³-hybridized carbons (Fsp3) is 0.200. The monoisotopic (exact) mass is 411 g/mol. The number of carbonyl (C=O) groups is 1. The number of halogens is 1. The summed E-state index contributed by atoms with van der Waals surface area (Å²) < 4.78 is 21.0. The van der Waals surface area contributed by atoms with Gasteiger partial charge in [0.25, 0.3) is 0 Å². The van der Waals surface area contributed by atoms with Crippen molar-refractivity contribution in [1.82, 2.24) is 14.8 Å². The van der Waals surface area contributed by atoms with Gasteiger partial charge in [-0.1, -0.05) is 36.0 Å². The standard InChI is InChI=1S/C20H18FN5O2S/c1-2-26-18(12-28-17-10-6-4-8-15(17)21)24-25-20(26)29-13-19(27)23-16-9-5-3-7-14(16)11-22/h3-10H,2,12-13H2,1H3,(H,23,27). The normalized spacial score (nSPS) is 10.4. The van der Waals surface area contributed by atoms with E-state index in [1.165, 1.54) is 17.8 Å². The van der Waals surface area contributed by atoms with E-state index in [2.05, 4.69) is 15.5 Å². The molecule has 3 aromatic rings. The SMILES string of the molecule is CCn1c(COc2ccccc2F)nnc1SCC(=O)Nc1ccccc1C#N. The Kier molecular flexibility index (Phi) is 6.81. The van der Waals surface area contributed by atoms with E-state index in [9.17, 15) is 9.18 Å². The number of para-hydroxylation sites is 2. The van der Waals surface area contributed by atoms with Crippen molar-refractivity contribution in [3.05, 3.63) is 65.7 Å². The zero-order valence-electron chi connectivity index (χ0n) is 15.6. The Morgan fingerprint density at radius 3 is 2.76 bits per heavy atom. The van der Waals surface area contributed by atoms with Crippen LogP contribution in [0.15, 0.2) is 53.7 Å². The molecule has 0 saturated heterocycles. The molecule has 1 aromatic heterocycles. The van der Waals surface area contributed by atoms with Gasteiger partial charge in [-0.2, -0.15) is 5.26 Å². The number of amides is 1. The molecule has 1 N–H and O–H groups in total. The topological polar surface area (TPSA) is 92.8 Å². The van der Waals surface area contributed by atoms with Gasteiger partial charge in [-0.3, -0.25) is 4.79 Å². The molecule has 0 atom stereocenters. The highest BCUT2D eigenvalue weighted by atomic mass is 32.2. The second kappa shape index (κ2) is 9.71. The van der Waals surface area contributed by atoms with Gasteiger partial charge in [-0.15, -0.1) is 10.2 Å². The van der Waals surface area contributed by atoms with Crippen LogP contribution in [0.2, 0.25) is 0 Å². The molecule has 0 fully saturated rings. The molecule has 1 amide bonds. The van der Waals surface area contributed by atoms with Crippen molar-refractivity contribution < 1.29 is 13.9 Å². The van der Waals surface area contributed by atoms with Crippen LogP contribution in [0.25, 0.3) is 0 Å². The minimum absolute atomic E-state index is 0.0596. The van der Waals surface area contributed by atoms with Crippen molar-refractivity contribution in [1.29, 1.82) is 5.26 Å². The lowest BCUT2D eigenvalue weighted by Gasteiger charge is -2.09. The first-order chi connectivity index (χ1) is 14.1. The molecule has 0 saturated carbocycles. The number of rotatable bonds is 8. The number of hydrogen-bond acceptors (Lipinski definition) is 6. The molecule has 3 rings (SSSR count). The first-order valence-electron chi connectivity index (χ1n) is 8.83. The summed E-state index contributed by atoms with van der Waals surface area (Å²) >= 11 is 1.22. The molecule has 0 aliphatic carbocycles. The Labute approximate surface area is 171 Å². The average molecular weight is 411 g/mol. The van der Waals surface area contributed by atoms with Crippen LogP contribution in [0.3, 0.4) is 0 Å². The van der Waals surface area contributed by atoms with Gasteiger partial charge in [0.15, 0.2) is 22.5 Å². The predicted octanol–water partition coefficient (Wildman–Crippen LogP) is 3.62. The highest BCUT2D eigenvalue weighted by Gasteiger charge is 2.15. The molecule has 1 heterocycles. The van der Waals surface area contributed by atoms with E-state index in [-0.39, 0.29) is 24.0 Å². The summed E-state index contributed by atoms with van der Waals surface area (Å²) in [4.78, 5) is 12.2. The summed E-state index contributed by atoms with van der Waals surface area (Å²) in [7, 11) is 0. The number of carbonyl (C=O) groups excluding carboxylic acids is 1. The van der Waals surface area contributed by atoms with Crippen molar-refractivity contribution in [3.8, 4) is 11.8 Å². The van der Waals surface area contributed by atoms with Gasteiger partial charge in [0.2, 0.25) is 5.91 Å². The molecule has 7 nitrogen and oxygen atoms in total. The number of thioether (sulfide) groups is 1. The fourth-order valence-electron chi connectivity index (χ4n) is 2.56. The van der Waals surface area contributed by atoms with Crippen LogP contribution in [0.4, 0.5) is 10.1 Å². The van der Waals surface area contributed by atoms with Crippen LogP contribution in [0, 0.1) is 17.1 Å². The molecule has 148 valence electrons. The van der Waals surface area contributed by atoms with Crippen molar-refractivity contribution in [2.24, 2.45) is 0 Å². The second-order valence-electron chi connectivity index (χ2n) is 5.86. The molecule has 0 spiro atoms. The van der Waals surface area contributed by atoms with Crippen LogP contribution in [0.1, 0.15) is 18.3 Å². The Morgan fingerprint density at radius 1 is 1.24 bits per heavy atom. The van der Waals surface area contributed by atoms with Gasteiger partial charge in [0.05, 0.1) is 17.0 Å². The van der Waals surface area contributed by atoms with E-state index in [4.69, 9.17) is 10.00 Å². The molecule has 0 aliphatic rings. The Hall–Kier alpha value is -3.38. The van der Waals surface area contributed by atoms with Crippen LogP contribution in [-0.2, 0) is 17.9 Å². The largest absolute Gasteiger partial charge is 0.483 e. The van der Waals surface area contributed by atoms with Crippen LogP contribution >= 0.6 is 11.8 Å². The minimum Gasteiger partial charge on any atom is -0.483 e. The van der Waals surface area contributed by atoms with Gasteiger partial charge < -0.3 is 14.6 Å². The third-order valence-corrected chi connectivity index (χ3v) is 4.92. The zero-order valence-corrected chi connectivity index (χ0v) is 16.4. The maximum absolute atomic E-state index is 13.7. The summed E-state index contributed by atoms with van der Waals surface area (Å²) in [5, 5.41) is 20.6. The summed E-state index contributed by atoms with van der Waals surface area (Å²) in [5.74, 6) is 0.0781. The molecule has 0 radical (unpaired) electrons. The van der Waals surface area contributed by atoms with Crippen molar-refractivity contribution >= 4 is 23.4 Å². The molecular weight excluding hydrogens is 393 g/mol. The predicted molar refractivity (Wildman–Crippen MR) is 107 cm³/mol. The lowest BCUT2D eigenvalue weighted by Crippen LogP contribution is -2.15. The summed E-state index contributed by atoms with van der Waals surface area (Å²) in [6, 6.07) is 15.0. The maximum atomic E-state index is 13.7. The molecule has 0 unspecified atom stereocenters. The number of anilines is 1. The smallest absolute Gasteiger partial charge is 0.234 e. The molecule has 0 bridgehead atoms. The number of hydrogen-bond donors (Lipinski definition) is 1. The van der Waals surface area contributed by atoms with Gasteiger partial charge in [0.1, 0.15) is 12.7 Å². The Balaban J connectivity index is 1.61. The van der Waals surface area contributed by atoms with Gasteiger partial charge in [-0.05, 0) is 31.2 Å². The van der Waals surface area contributed by atoms with Crippen LogP contribution < -0.4 is 10.1 Å². The number of aromatic nitrogens is 3. The third kappa shape index (κ3) is 5.12. The highest BCUT2D eigenvalue weighted by Crippen LogP contribution is 2.21. The van der Waals surface area contributed by atoms with E-state index < -0.39 is 5.82 Å². The number of nitriles is 1. The van der Waals surface area contributed by atoms with E-state index in [1.807, 2.05) is 17.6 Å². The number of benzene rings is 2. The highest BCUT2D eigenvalue weighted by molar-refractivity contribution is 7.99. The van der Waals surface area contributed by atoms with E-state index in [1.54, 1.807) is 42.5 Å². The quantitative estimate of drug-likeness (QED) is 0.569. The number of ether oxygens (including phenoxy) is 1. The first-order valence-corrected chi connectivity index (χ1v) is 9.82. The lowest BCUT2D eigenvalue weighted by atomic mass is 10.2. The van der Waals surface area contributed by atoms with Crippen LogP contribution in [-0.4, -0.2) is 26.4 Å². The van der Waals surface area contributed by atoms with E-state index in [0.29, 0.717) is 28.8 Å². The van der Waals surface area contributed by atoms with Crippen LogP contribution in [0.5, 0.6) is 5.75 Å². The molecule has 9 heteroatoms. The molecular formula is C20H18FN5O2S. The maximum Gasteiger partial charge on any atom is 0.234 e.